The van der Waals surface area contributed by atoms with Crippen LogP contribution in [0.3, 0.4) is 0 Å². The van der Waals surface area contributed by atoms with E-state index in [2.05, 4.69) is 42.5 Å². The minimum Gasteiger partial charge on any atom is -0.196 e. The van der Waals surface area contributed by atoms with E-state index in [9.17, 15) is 5.26 Å². The molecule has 3 atom stereocenters. The molecular weight excluding hydrogens is 230 g/mol. The van der Waals surface area contributed by atoms with Crippen molar-refractivity contribution in [3.05, 3.63) is 47.5 Å². The SMILES string of the molecule is N#C[C@]1(Cl)C[C@H]2c3cccc4cccc(c34)[C@H]21. The third-order valence-corrected chi connectivity index (χ3v) is 4.78. The molecule has 1 nitrogen and oxygen atoms in total. The zero-order chi connectivity index (χ0) is 11.6. The lowest BCUT2D eigenvalue weighted by Gasteiger charge is -2.44. The Bertz CT molecular complexity index is 680. The highest BCUT2D eigenvalue weighted by molar-refractivity contribution is 6.28. The summed E-state index contributed by atoms with van der Waals surface area (Å²) in [6.45, 7) is 0. The average Bonchev–Trinajstić information content (AvgIpc) is 2.61. The van der Waals surface area contributed by atoms with E-state index in [1.165, 1.54) is 21.9 Å². The molecule has 1 saturated carbocycles. The smallest absolute Gasteiger partial charge is 0.139 e. The van der Waals surface area contributed by atoms with Crippen molar-refractivity contribution in [2.24, 2.45) is 0 Å². The number of rotatable bonds is 0. The second-order valence-corrected chi connectivity index (χ2v) is 5.73. The molecule has 2 aliphatic carbocycles. The highest BCUT2D eigenvalue weighted by Crippen LogP contribution is 2.65. The molecule has 17 heavy (non-hydrogen) atoms. The van der Waals surface area contributed by atoms with E-state index in [-0.39, 0.29) is 5.92 Å². The van der Waals surface area contributed by atoms with E-state index >= 15 is 0 Å². The Hall–Kier alpha value is -1.52. The summed E-state index contributed by atoms with van der Waals surface area (Å²) < 4.78 is 0. The third kappa shape index (κ3) is 0.960. The van der Waals surface area contributed by atoms with E-state index in [1.54, 1.807) is 0 Å². The molecule has 0 N–H and O–H groups in total. The summed E-state index contributed by atoms with van der Waals surface area (Å²) in [7, 11) is 0. The zero-order valence-corrected chi connectivity index (χ0v) is 9.91. The Morgan fingerprint density at radius 3 is 2.59 bits per heavy atom. The lowest BCUT2D eigenvalue weighted by Crippen LogP contribution is -2.43. The molecule has 2 aromatic rings. The second kappa shape index (κ2) is 2.83. The van der Waals surface area contributed by atoms with Gasteiger partial charge in [-0.3, -0.25) is 0 Å². The van der Waals surface area contributed by atoms with Crippen LogP contribution in [0.2, 0.25) is 0 Å². The molecular formula is C15H10ClN. The van der Waals surface area contributed by atoms with Crippen LogP contribution in [0, 0.1) is 11.3 Å². The van der Waals surface area contributed by atoms with Gasteiger partial charge in [-0.05, 0) is 34.2 Å². The summed E-state index contributed by atoms with van der Waals surface area (Å²) in [4.78, 5) is -0.683. The Labute approximate surface area is 105 Å². The molecule has 2 aliphatic rings. The van der Waals surface area contributed by atoms with Crippen molar-refractivity contribution in [2.75, 3.05) is 0 Å². The Balaban J connectivity index is 2.06. The molecule has 0 bridgehead atoms. The maximum atomic E-state index is 9.24. The normalized spacial score (nSPS) is 32.9. The molecule has 0 spiro atoms. The van der Waals surface area contributed by atoms with Crippen LogP contribution in [0.4, 0.5) is 0 Å². The second-order valence-electron chi connectivity index (χ2n) is 5.06. The van der Waals surface area contributed by atoms with Crippen LogP contribution in [0.15, 0.2) is 36.4 Å². The first-order valence-electron chi connectivity index (χ1n) is 5.86. The first-order valence-corrected chi connectivity index (χ1v) is 6.24. The Kier molecular flexibility index (Phi) is 1.58. The van der Waals surface area contributed by atoms with Gasteiger partial charge in [0.05, 0.1) is 6.07 Å². The molecule has 0 aromatic heterocycles. The highest BCUT2D eigenvalue weighted by atomic mass is 35.5. The van der Waals surface area contributed by atoms with Gasteiger partial charge in [0, 0.05) is 5.92 Å². The van der Waals surface area contributed by atoms with Crippen LogP contribution >= 0.6 is 11.6 Å². The fourth-order valence-corrected chi connectivity index (χ4v) is 4.00. The van der Waals surface area contributed by atoms with Gasteiger partial charge in [-0.2, -0.15) is 5.26 Å². The Morgan fingerprint density at radius 2 is 1.88 bits per heavy atom. The first kappa shape index (κ1) is 9.50. The number of alkyl halides is 1. The molecule has 0 aliphatic heterocycles. The van der Waals surface area contributed by atoms with Gasteiger partial charge in [-0.15, -0.1) is 11.6 Å². The number of nitriles is 1. The van der Waals surface area contributed by atoms with Crippen LogP contribution in [0.25, 0.3) is 10.8 Å². The number of fused-ring (bicyclic) bond motifs is 3. The van der Waals surface area contributed by atoms with Crippen molar-refractivity contribution in [3.8, 4) is 6.07 Å². The third-order valence-electron chi connectivity index (χ3n) is 4.30. The number of nitrogens with zero attached hydrogens (tertiary/aromatic N) is 1. The lowest BCUT2D eigenvalue weighted by atomic mass is 9.63. The molecule has 0 amide bonds. The molecule has 82 valence electrons. The van der Waals surface area contributed by atoms with Crippen molar-refractivity contribution in [3.63, 3.8) is 0 Å². The molecule has 2 heteroatoms. The summed E-state index contributed by atoms with van der Waals surface area (Å²) in [5, 5.41) is 11.9. The highest BCUT2D eigenvalue weighted by Gasteiger charge is 2.58. The van der Waals surface area contributed by atoms with Crippen LogP contribution < -0.4 is 0 Å². The summed E-state index contributed by atoms with van der Waals surface area (Å²) >= 11 is 6.41. The quantitative estimate of drug-likeness (QED) is 0.639. The Morgan fingerprint density at radius 1 is 1.18 bits per heavy atom. The van der Waals surface area contributed by atoms with Gasteiger partial charge in [0.1, 0.15) is 4.87 Å². The van der Waals surface area contributed by atoms with Gasteiger partial charge < -0.3 is 0 Å². The summed E-state index contributed by atoms with van der Waals surface area (Å²) in [5.41, 5.74) is 2.65. The van der Waals surface area contributed by atoms with E-state index in [1.807, 2.05) is 0 Å². The maximum absolute atomic E-state index is 9.24. The molecule has 0 heterocycles. The van der Waals surface area contributed by atoms with Crippen molar-refractivity contribution >= 4 is 22.4 Å². The van der Waals surface area contributed by atoms with E-state index in [0.717, 1.165) is 6.42 Å². The molecule has 0 unspecified atom stereocenters. The van der Waals surface area contributed by atoms with Crippen LogP contribution in [-0.2, 0) is 0 Å². The fraction of sp³-hybridized carbons (Fsp3) is 0.267. The molecule has 4 rings (SSSR count). The number of benzene rings is 2. The molecule has 1 fully saturated rings. The number of hydrogen-bond acceptors (Lipinski definition) is 1. The van der Waals surface area contributed by atoms with Gasteiger partial charge >= 0.3 is 0 Å². The van der Waals surface area contributed by atoms with E-state index in [4.69, 9.17) is 11.6 Å². The van der Waals surface area contributed by atoms with Crippen LogP contribution in [0.5, 0.6) is 0 Å². The molecule has 0 saturated heterocycles. The standard InChI is InChI=1S/C15H10ClN/c16-15(8-17)7-12-10-5-1-3-9-4-2-6-11(13(9)10)14(12)15/h1-6,12,14H,7H2/t12-,14+,15+/m0/s1. The topological polar surface area (TPSA) is 23.8 Å². The predicted molar refractivity (Wildman–Crippen MR) is 68.2 cm³/mol. The van der Waals surface area contributed by atoms with Crippen molar-refractivity contribution in [1.29, 1.82) is 5.26 Å². The summed E-state index contributed by atoms with van der Waals surface area (Å²) in [5.74, 6) is 0.642. The lowest BCUT2D eigenvalue weighted by molar-refractivity contribution is 0.308. The van der Waals surface area contributed by atoms with Gasteiger partial charge in [-0.1, -0.05) is 36.4 Å². The minimum atomic E-state index is -0.683. The van der Waals surface area contributed by atoms with Crippen molar-refractivity contribution in [1.82, 2.24) is 0 Å². The van der Waals surface area contributed by atoms with Crippen LogP contribution in [-0.4, -0.2) is 4.87 Å². The minimum absolute atomic E-state index is 0.190. The van der Waals surface area contributed by atoms with Gasteiger partial charge in [0.2, 0.25) is 0 Å². The number of halogens is 1. The van der Waals surface area contributed by atoms with E-state index in [0.29, 0.717) is 5.92 Å². The largest absolute Gasteiger partial charge is 0.196 e. The summed E-state index contributed by atoms with van der Waals surface area (Å²) in [6, 6.07) is 15.0. The van der Waals surface area contributed by atoms with Crippen molar-refractivity contribution < 1.29 is 0 Å². The average molecular weight is 240 g/mol. The van der Waals surface area contributed by atoms with E-state index < -0.39 is 4.87 Å². The number of hydrogen-bond donors (Lipinski definition) is 0. The monoisotopic (exact) mass is 239 g/mol. The molecule has 0 radical (unpaired) electrons. The first-order chi connectivity index (χ1) is 8.24. The summed E-state index contributed by atoms with van der Waals surface area (Å²) in [6.07, 6.45) is 0.781. The zero-order valence-electron chi connectivity index (χ0n) is 9.15. The van der Waals surface area contributed by atoms with Gasteiger partial charge in [0.25, 0.3) is 0 Å². The van der Waals surface area contributed by atoms with Crippen LogP contribution in [0.1, 0.15) is 29.4 Å². The molecule has 2 aromatic carbocycles. The van der Waals surface area contributed by atoms with Crippen molar-refractivity contribution in [2.45, 2.75) is 23.1 Å². The fourth-order valence-electron chi connectivity index (χ4n) is 3.56. The predicted octanol–water partition coefficient (Wildman–Crippen LogP) is 3.93. The van der Waals surface area contributed by atoms with Gasteiger partial charge in [-0.25, -0.2) is 0 Å². The maximum Gasteiger partial charge on any atom is 0.139 e. The van der Waals surface area contributed by atoms with Gasteiger partial charge in [0.15, 0.2) is 0 Å².